The highest BCUT2D eigenvalue weighted by atomic mass is 32.1. The summed E-state index contributed by atoms with van der Waals surface area (Å²) in [6.07, 6.45) is 1.76. The molecule has 0 spiro atoms. The fourth-order valence-corrected chi connectivity index (χ4v) is 5.38. The van der Waals surface area contributed by atoms with Gasteiger partial charge in [0.1, 0.15) is 0 Å². The molecule has 8 nitrogen and oxygen atoms in total. The number of piperazine rings is 1. The lowest BCUT2D eigenvalue weighted by atomic mass is 10.1. The molecular weight excluding hydrogens is 448 g/mol. The Balaban J connectivity index is 1.61. The van der Waals surface area contributed by atoms with Crippen molar-refractivity contribution in [3.8, 4) is 11.3 Å². The predicted octanol–water partition coefficient (Wildman–Crippen LogP) is 3.64. The van der Waals surface area contributed by atoms with Crippen molar-refractivity contribution < 1.29 is 9.59 Å². The number of fused-ring (bicyclic) bond motifs is 1. The summed E-state index contributed by atoms with van der Waals surface area (Å²) in [4.78, 5) is 37.2. The smallest absolute Gasteiger partial charge is 0.254 e. The predicted molar refractivity (Wildman–Crippen MR) is 136 cm³/mol. The lowest BCUT2D eigenvalue weighted by Gasteiger charge is -2.34. The number of nitrogens with zero attached hydrogens (tertiary/aromatic N) is 5. The Hall–Kier alpha value is -2.78. The number of hydrogen-bond acceptors (Lipinski definition) is 6. The summed E-state index contributed by atoms with van der Waals surface area (Å²) in [7, 11) is 0. The Morgan fingerprint density at radius 2 is 1.79 bits per heavy atom. The first-order valence-corrected chi connectivity index (χ1v) is 12.7. The van der Waals surface area contributed by atoms with Gasteiger partial charge in [-0.1, -0.05) is 0 Å². The number of carbonyl (C=O) groups excluding carboxylic acids is 2. The summed E-state index contributed by atoms with van der Waals surface area (Å²) in [5.74, 6) is 0.0191. The average Bonchev–Trinajstić information content (AvgIpc) is 3.35. The molecule has 0 unspecified atom stereocenters. The minimum absolute atomic E-state index is 0.00663. The Bertz CT molecular complexity index is 1200. The lowest BCUT2D eigenvalue weighted by Crippen LogP contribution is -2.51. The molecule has 0 bridgehead atoms. The maximum Gasteiger partial charge on any atom is 0.254 e. The molecule has 1 fully saturated rings. The molecule has 4 heterocycles. The molecule has 1 N–H and O–H groups in total. The number of thiophene rings is 1. The minimum atomic E-state index is -0.00663. The van der Waals surface area contributed by atoms with Crippen molar-refractivity contribution in [2.24, 2.45) is 0 Å². The molecule has 1 aliphatic rings. The molecule has 0 atom stereocenters. The van der Waals surface area contributed by atoms with Crippen LogP contribution in [0.2, 0.25) is 0 Å². The van der Waals surface area contributed by atoms with Crippen LogP contribution in [-0.2, 0) is 4.79 Å². The summed E-state index contributed by atoms with van der Waals surface area (Å²) < 4.78 is 1.88. The van der Waals surface area contributed by atoms with Crippen LogP contribution in [0.3, 0.4) is 0 Å². The van der Waals surface area contributed by atoms with Crippen LogP contribution >= 0.6 is 11.3 Å². The Kier molecular flexibility index (Phi) is 7.04. The molecule has 34 heavy (non-hydrogen) atoms. The molecule has 9 heteroatoms. The normalized spacial score (nSPS) is 15.0. The van der Waals surface area contributed by atoms with E-state index in [1.54, 1.807) is 17.5 Å². The van der Waals surface area contributed by atoms with E-state index < -0.39 is 0 Å². The highest BCUT2D eigenvalue weighted by Crippen LogP contribution is 2.33. The number of rotatable bonds is 6. The third-order valence-corrected chi connectivity index (χ3v) is 7.05. The topological polar surface area (TPSA) is 83.4 Å². The van der Waals surface area contributed by atoms with E-state index in [1.807, 2.05) is 29.5 Å². The summed E-state index contributed by atoms with van der Waals surface area (Å²) in [5.41, 5.74) is 3.25. The van der Waals surface area contributed by atoms with Crippen molar-refractivity contribution in [1.82, 2.24) is 29.9 Å². The van der Waals surface area contributed by atoms with Crippen LogP contribution in [0.15, 0.2) is 18.3 Å². The zero-order valence-corrected chi connectivity index (χ0v) is 21.7. The Morgan fingerprint density at radius 3 is 2.38 bits per heavy atom. The first-order valence-electron chi connectivity index (χ1n) is 11.9. The molecule has 3 aromatic heterocycles. The molecule has 0 aromatic carbocycles. The van der Waals surface area contributed by atoms with E-state index in [-0.39, 0.29) is 23.9 Å². The lowest BCUT2D eigenvalue weighted by molar-refractivity contribution is -0.123. The van der Waals surface area contributed by atoms with Crippen molar-refractivity contribution in [2.45, 2.75) is 53.6 Å². The van der Waals surface area contributed by atoms with E-state index in [4.69, 9.17) is 4.98 Å². The molecule has 182 valence electrons. The quantitative estimate of drug-likeness (QED) is 0.580. The average molecular weight is 483 g/mol. The third kappa shape index (κ3) is 5.00. The van der Waals surface area contributed by atoms with Crippen LogP contribution in [0.1, 0.15) is 53.8 Å². The number of carbonyl (C=O) groups is 2. The van der Waals surface area contributed by atoms with Crippen LogP contribution in [-0.4, -0.2) is 75.1 Å². The molecule has 1 aliphatic heterocycles. The van der Waals surface area contributed by atoms with Crippen molar-refractivity contribution in [3.63, 3.8) is 0 Å². The van der Waals surface area contributed by atoms with E-state index in [9.17, 15) is 9.59 Å². The molecule has 1 saturated heterocycles. The maximum atomic E-state index is 13.7. The van der Waals surface area contributed by atoms with Crippen molar-refractivity contribution in [1.29, 1.82) is 0 Å². The number of amides is 2. The maximum absolute atomic E-state index is 13.7. The Labute approximate surface area is 204 Å². The molecule has 4 rings (SSSR count). The fraction of sp³-hybridized carbons (Fsp3) is 0.520. The van der Waals surface area contributed by atoms with Crippen LogP contribution in [0, 0.1) is 13.8 Å². The second kappa shape index (κ2) is 9.84. The summed E-state index contributed by atoms with van der Waals surface area (Å²) in [5, 5.41) is 8.26. The van der Waals surface area contributed by atoms with Gasteiger partial charge in [-0.05, 0) is 53.7 Å². The van der Waals surface area contributed by atoms with E-state index in [1.165, 1.54) is 9.75 Å². The molecular formula is C25H34N6O2S. The van der Waals surface area contributed by atoms with Crippen LogP contribution in [0.25, 0.3) is 22.3 Å². The van der Waals surface area contributed by atoms with E-state index >= 15 is 0 Å². The van der Waals surface area contributed by atoms with E-state index in [2.05, 4.69) is 49.1 Å². The van der Waals surface area contributed by atoms with Gasteiger partial charge in [-0.3, -0.25) is 14.5 Å². The molecule has 3 aromatic rings. The van der Waals surface area contributed by atoms with E-state index in [0.29, 0.717) is 38.3 Å². The number of nitrogens with one attached hydrogen (secondary N) is 1. The number of aryl methyl sites for hydroxylation is 2. The molecule has 0 radical (unpaired) electrons. The SMILES string of the molecule is Cc1cc(-c2cc(C(=O)N3CCN(CC(=O)NC(C)C)CC3)c3cnn(C(C)C)c3n2)c(C)s1. The Morgan fingerprint density at radius 1 is 1.09 bits per heavy atom. The van der Waals surface area contributed by atoms with Crippen LogP contribution < -0.4 is 5.32 Å². The van der Waals surface area contributed by atoms with Gasteiger partial charge in [0.05, 0.1) is 29.4 Å². The number of pyridine rings is 1. The highest BCUT2D eigenvalue weighted by molar-refractivity contribution is 7.12. The zero-order valence-electron chi connectivity index (χ0n) is 20.9. The van der Waals surface area contributed by atoms with Crippen LogP contribution in [0.5, 0.6) is 0 Å². The van der Waals surface area contributed by atoms with Crippen molar-refractivity contribution >= 4 is 34.2 Å². The molecule has 2 amide bonds. The van der Waals surface area contributed by atoms with E-state index in [0.717, 1.165) is 22.3 Å². The number of hydrogen-bond donors (Lipinski definition) is 1. The van der Waals surface area contributed by atoms with Crippen molar-refractivity contribution in [3.05, 3.63) is 33.6 Å². The first-order chi connectivity index (χ1) is 16.1. The molecule has 0 saturated carbocycles. The summed E-state index contributed by atoms with van der Waals surface area (Å²) in [6, 6.07) is 4.32. The van der Waals surface area contributed by atoms with Crippen LogP contribution in [0.4, 0.5) is 0 Å². The van der Waals surface area contributed by atoms with Gasteiger partial charge in [0.25, 0.3) is 5.91 Å². The fourth-order valence-electron chi connectivity index (χ4n) is 4.45. The zero-order chi connectivity index (χ0) is 24.6. The number of aromatic nitrogens is 3. The largest absolute Gasteiger partial charge is 0.353 e. The monoisotopic (exact) mass is 482 g/mol. The standard InChI is InChI=1S/C25H34N6O2S/c1-15(2)27-23(32)14-29-7-9-30(10-8-29)25(33)20-12-22(19-11-17(5)34-18(19)6)28-24-21(20)13-26-31(24)16(3)4/h11-13,15-16H,7-10,14H2,1-6H3,(H,27,32). The van der Waals surface area contributed by atoms with Gasteiger partial charge in [0.15, 0.2) is 5.65 Å². The summed E-state index contributed by atoms with van der Waals surface area (Å²) >= 11 is 1.74. The van der Waals surface area contributed by atoms with Gasteiger partial charge in [0.2, 0.25) is 5.91 Å². The third-order valence-electron chi connectivity index (χ3n) is 6.08. The first kappa shape index (κ1) is 24.3. The highest BCUT2D eigenvalue weighted by Gasteiger charge is 2.27. The minimum Gasteiger partial charge on any atom is -0.353 e. The van der Waals surface area contributed by atoms with Gasteiger partial charge in [-0.25, -0.2) is 9.67 Å². The molecule has 0 aliphatic carbocycles. The van der Waals surface area contributed by atoms with Gasteiger partial charge in [-0.15, -0.1) is 11.3 Å². The second-order valence-corrected chi connectivity index (χ2v) is 11.1. The van der Waals surface area contributed by atoms with Gasteiger partial charge in [0, 0.05) is 53.6 Å². The van der Waals surface area contributed by atoms with Gasteiger partial charge in [-0.2, -0.15) is 5.10 Å². The van der Waals surface area contributed by atoms with Gasteiger partial charge < -0.3 is 10.2 Å². The van der Waals surface area contributed by atoms with Gasteiger partial charge >= 0.3 is 0 Å². The summed E-state index contributed by atoms with van der Waals surface area (Å²) in [6.45, 7) is 15.1. The second-order valence-electron chi connectivity index (χ2n) is 9.59. The van der Waals surface area contributed by atoms with Crippen molar-refractivity contribution in [2.75, 3.05) is 32.7 Å².